The second kappa shape index (κ2) is 11.0. The molecule has 1 aromatic heterocycles. The number of aromatic nitrogens is 2. The van der Waals surface area contributed by atoms with E-state index in [2.05, 4.69) is 46.8 Å². The molecule has 1 amide bonds. The summed E-state index contributed by atoms with van der Waals surface area (Å²) in [5.74, 6) is 0.422. The van der Waals surface area contributed by atoms with Crippen LogP contribution in [-0.4, -0.2) is 35.1 Å². The van der Waals surface area contributed by atoms with Crippen LogP contribution in [0, 0.1) is 17.3 Å². The SMILES string of the molecule is CCC(C)C12CCCCC1C(=O)N(c1ccc3ncn(-c4c(C(C)(C)C)ccc(-c5ccccc5)c4C(=O)OC)c3c1)C2. The maximum atomic E-state index is 14.0. The number of carbonyl (C=O) groups excluding carboxylic acids is 2. The summed E-state index contributed by atoms with van der Waals surface area (Å²) in [5.41, 5.74) is 6.35. The van der Waals surface area contributed by atoms with Crippen LogP contribution in [0.1, 0.15) is 82.6 Å². The second-order valence-corrected chi connectivity index (χ2v) is 13.5. The van der Waals surface area contributed by atoms with Gasteiger partial charge in [0.1, 0.15) is 6.33 Å². The number of fused-ring (bicyclic) bond motifs is 2. The van der Waals surface area contributed by atoms with Gasteiger partial charge >= 0.3 is 5.97 Å². The number of esters is 1. The first-order valence-electron chi connectivity index (χ1n) is 15.7. The van der Waals surface area contributed by atoms with Crippen molar-refractivity contribution in [2.24, 2.45) is 17.3 Å². The van der Waals surface area contributed by atoms with Crippen molar-refractivity contribution in [3.05, 3.63) is 78.1 Å². The lowest BCUT2D eigenvalue weighted by Crippen LogP contribution is -2.39. The van der Waals surface area contributed by atoms with Crippen molar-refractivity contribution >= 4 is 28.6 Å². The zero-order valence-corrected chi connectivity index (χ0v) is 26.3. The van der Waals surface area contributed by atoms with E-state index in [0.717, 1.165) is 71.3 Å². The molecule has 1 saturated carbocycles. The van der Waals surface area contributed by atoms with Crippen LogP contribution >= 0.6 is 0 Å². The highest BCUT2D eigenvalue weighted by molar-refractivity contribution is 6.03. The lowest BCUT2D eigenvalue weighted by atomic mass is 9.61. The number of anilines is 1. The van der Waals surface area contributed by atoms with Crippen LogP contribution in [0.5, 0.6) is 0 Å². The van der Waals surface area contributed by atoms with Crippen molar-refractivity contribution in [3.8, 4) is 16.8 Å². The zero-order chi connectivity index (χ0) is 30.5. The van der Waals surface area contributed by atoms with Gasteiger partial charge < -0.3 is 9.64 Å². The molecule has 3 aromatic carbocycles. The summed E-state index contributed by atoms with van der Waals surface area (Å²) in [4.78, 5) is 34.4. The molecule has 3 unspecified atom stereocenters. The Kier molecular flexibility index (Phi) is 7.44. The fraction of sp³-hybridized carbons (Fsp3) is 0.432. The van der Waals surface area contributed by atoms with Gasteiger partial charge in [-0.2, -0.15) is 0 Å². The van der Waals surface area contributed by atoms with E-state index >= 15 is 0 Å². The molecule has 0 radical (unpaired) electrons. The molecule has 0 bridgehead atoms. The van der Waals surface area contributed by atoms with Gasteiger partial charge in [-0.05, 0) is 59.1 Å². The summed E-state index contributed by atoms with van der Waals surface area (Å²) in [6, 6.07) is 20.2. The van der Waals surface area contributed by atoms with Crippen LogP contribution in [0.3, 0.4) is 0 Å². The monoisotopic (exact) mass is 577 g/mol. The van der Waals surface area contributed by atoms with Gasteiger partial charge in [0.15, 0.2) is 0 Å². The van der Waals surface area contributed by atoms with E-state index < -0.39 is 5.97 Å². The van der Waals surface area contributed by atoms with Crippen LogP contribution in [0.15, 0.2) is 67.0 Å². The Hall–Kier alpha value is -3.93. The van der Waals surface area contributed by atoms with E-state index in [0.29, 0.717) is 11.5 Å². The summed E-state index contributed by atoms with van der Waals surface area (Å²) in [6.45, 7) is 11.8. The molecule has 1 aliphatic carbocycles. The number of amides is 1. The largest absolute Gasteiger partial charge is 0.465 e. The molecule has 6 rings (SSSR count). The molecule has 43 heavy (non-hydrogen) atoms. The van der Waals surface area contributed by atoms with E-state index in [1.807, 2.05) is 58.0 Å². The Bertz CT molecular complexity index is 1680. The van der Waals surface area contributed by atoms with E-state index in [1.54, 1.807) is 6.33 Å². The van der Waals surface area contributed by atoms with Crippen molar-refractivity contribution in [1.29, 1.82) is 0 Å². The molecule has 0 N–H and O–H groups in total. The number of ether oxygens (including phenoxy) is 1. The Morgan fingerprint density at radius 1 is 1.09 bits per heavy atom. The Morgan fingerprint density at radius 3 is 2.56 bits per heavy atom. The predicted molar refractivity (Wildman–Crippen MR) is 173 cm³/mol. The fourth-order valence-electron chi connectivity index (χ4n) is 7.71. The van der Waals surface area contributed by atoms with E-state index in [-0.39, 0.29) is 22.7 Å². The van der Waals surface area contributed by atoms with E-state index in [9.17, 15) is 9.59 Å². The van der Waals surface area contributed by atoms with Gasteiger partial charge in [0.05, 0.1) is 29.4 Å². The second-order valence-electron chi connectivity index (χ2n) is 13.5. The number of methoxy groups -OCH3 is 1. The van der Waals surface area contributed by atoms with Crippen molar-refractivity contribution in [2.45, 2.75) is 72.1 Å². The van der Waals surface area contributed by atoms with Gasteiger partial charge in [-0.15, -0.1) is 0 Å². The van der Waals surface area contributed by atoms with Crippen LogP contribution in [0.25, 0.3) is 27.8 Å². The Labute approximate surface area is 255 Å². The van der Waals surface area contributed by atoms with Gasteiger partial charge in [0, 0.05) is 23.6 Å². The molecule has 1 saturated heterocycles. The summed E-state index contributed by atoms with van der Waals surface area (Å²) >= 11 is 0. The molecule has 6 nitrogen and oxygen atoms in total. The van der Waals surface area contributed by atoms with Gasteiger partial charge in [-0.3, -0.25) is 9.36 Å². The van der Waals surface area contributed by atoms with Crippen molar-refractivity contribution in [2.75, 3.05) is 18.6 Å². The zero-order valence-electron chi connectivity index (χ0n) is 26.3. The predicted octanol–water partition coefficient (Wildman–Crippen LogP) is 8.35. The quantitative estimate of drug-likeness (QED) is 0.216. The molecule has 0 spiro atoms. The minimum Gasteiger partial charge on any atom is -0.465 e. The molecular weight excluding hydrogens is 534 g/mol. The van der Waals surface area contributed by atoms with Gasteiger partial charge in [0.25, 0.3) is 0 Å². The molecular formula is C37H43N3O3. The Morgan fingerprint density at radius 2 is 1.86 bits per heavy atom. The van der Waals surface area contributed by atoms with Gasteiger partial charge in [0.2, 0.25) is 5.91 Å². The topological polar surface area (TPSA) is 64.4 Å². The summed E-state index contributed by atoms with van der Waals surface area (Å²) in [7, 11) is 1.43. The number of nitrogens with zero attached hydrogens (tertiary/aromatic N) is 3. The maximum absolute atomic E-state index is 14.0. The first-order valence-corrected chi connectivity index (χ1v) is 15.7. The van der Waals surface area contributed by atoms with Crippen molar-refractivity contribution in [1.82, 2.24) is 9.55 Å². The average Bonchev–Trinajstić information content (AvgIpc) is 3.58. The first-order chi connectivity index (χ1) is 20.6. The van der Waals surface area contributed by atoms with Crippen LogP contribution in [0.2, 0.25) is 0 Å². The molecule has 224 valence electrons. The normalized spacial score (nSPS) is 21.2. The van der Waals surface area contributed by atoms with Crippen LogP contribution in [-0.2, 0) is 14.9 Å². The number of hydrogen-bond donors (Lipinski definition) is 0. The first kappa shape index (κ1) is 29.2. The third-order valence-electron chi connectivity index (χ3n) is 10.2. The minimum absolute atomic E-state index is 0.0285. The molecule has 2 fully saturated rings. The number of benzene rings is 3. The molecule has 3 atom stereocenters. The number of rotatable bonds is 6. The minimum atomic E-state index is -0.396. The third-order valence-corrected chi connectivity index (χ3v) is 10.2. The number of imidazole rings is 1. The van der Waals surface area contributed by atoms with Crippen molar-refractivity contribution < 1.29 is 14.3 Å². The maximum Gasteiger partial charge on any atom is 0.340 e. The fourth-order valence-corrected chi connectivity index (χ4v) is 7.71. The van der Waals surface area contributed by atoms with Gasteiger partial charge in [-0.25, -0.2) is 9.78 Å². The lowest BCUT2D eigenvalue weighted by molar-refractivity contribution is -0.124. The van der Waals surface area contributed by atoms with Crippen LogP contribution in [0.4, 0.5) is 5.69 Å². The molecule has 2 heterocycles. The number of hydrogen-bond acceptors (Lipinski definition) is 4. The summed E-state index contributed by atoms with van der Waals surface area (Å²) in [5, 5.41) is 0. The standard InChI is InChI=1S/C37H43N3O3/c1-7-24(2)37-20-12-11-15-29(37)34(41)39(22-37)26-16-19-30-31(21-26)40(23-38-30)33-28(36(3,4)5)18-17-27(32(33)35(42)43-6)25-13-9-8-10-14-25/h8-10,13-14,16-19,21,23-24,29H,7,11-12,15,20,22H2,1-6H3. The molecule has 2 aliphatic rings. The molecule has 1 aliphatic heterocycles. The molecule has 6 heteroatoms. The third kappa shape index (κ3) is 4.75. The van der Waals surface area contributed by atoms with Gasteiger partial charge in [-0.1, -0.05) is 96.3 Å². The van der Waals surface area contributed by atoms with E-state index in [4.69, 9.17) is 9.72 Å². The smallest absolute Gasteiger partial charge is 0.340 e. The average molecular weight is 578 g/mol. The van der Waals surface area contributed by atoms with Crippen LogP contribution < -0.4 is 4.90 Å². The number of carbonyl (C=O) groups is 2. The summed E-state index contributed by atoms with van der Waals surface area (Å²) in [6.07, 6.45) is 7.27. The van der Waals surface area contributed by atoms with Crippen molar-refractivity contribution in [3.63, 3.8) is 0 Å². The summed E-state index contributed by atoms with van der Waals surface area (Å²) < 4.78 is 7.43. The Balaban J connectivity index is 1.55. The molecule has 4 aromatic rings. The lowest BCUT2D eigenvalue weighted by Gasteiger charge is -2.42. The highest BCUT2D eigenvalue weighted by atomic mass is 16.5. The highest BCUT2D eigenvalue weighted by Gasteiger charge is 2.55. The highest BCUT2D eigenvalue weighted by Crippen LogP contribution is 2.54. The van der Waals surface area contributed by atoms with E-state index in [1.165, 1.54) is 13.5 Å².